The molecular weight excluding hydrogens is 519 g/mol. The normalized spacial score (nSPS) is 19.8. The molecule has 1 N–H and O–H groups in total. The highest BCUT2D eigenvalue weighted by atomic mass is 19.4. The van der Waals surface area contributed by atoms with E-state index in [1.807, 2.05) is 0 Å². The van der Waals surface area contributed by atoms with Crippen molar-refractivity contribution in [2.75, 3.05) is 0 Å². The number of amides is 2. The van der Waals surface area contributed by atoms with Crippen molar-refractivity contribution in [3.05, 3.63) is 47.2 Å². The van der Waals surface area contributed by atoms with Gasteiger partial charge in [0.15, 0.2) is 5.69 Å². The predicted molar refractivity (Wildman–Crippen MR) is 122 cm³/mol. The van der Waals surface area contributed by atoms with E-state index >= 15 is 0 Å². The zero-order chi connectivity index (χ0) is 28.6. The Morgan fingerprint density at radius 2 is 1.87 bits per heavy atom. The molecule has 206 valence electrons. The maximum absolute atomic E-state index is 14.7. The molecule has 38 heavy (non-hydrogen) atoms. The molecule has 14 heteroatoms. The molecule has 3 atom stereocenters. The van der Waals surface area contributed by atoms with Gasteiger partial charge in [-0.1, -0.05) is 0 Å². The number of hydrogen-bond acceptors (Lipinski definition) is 6. The van der Waals surface area contributed by atoms with Gasteiger partial charge in [0.2, 0.25) is 6.41 Å². The van der Waals surface area contributed by atoms with E-state index in [2.05, 4.69) is 9.97 Å². The summed E-state index contributed by atoms with van der Waals surface area (Å²) >= 11 is 0. The average molecular weight is 544 g/mol. The number of nitrogens with zero attached hydrogens (tertiary/aromatic N) is 4. The Hall–Kier alpha value is -3.84. The van der Waals surface area contributed by atoms with Crippen molar-refractivity contribution in [2.45, 2.75) is 70.8 Å². The number of carbonyl (C=O) groups excluding carboxylic acids is 2. The lowest BCUT2D eigenvalue weighted by Gasteiger charge is -2.35. The second kappa shape index (κ2) is 10.5. The quantitative estimate of drug-likeness (QED) is 0.416. The Balaban J connectivity index is 1.95. The number of carbonyl (C=O) groups is 3. The number of rotatable bonds is 6. The zero-order valence-corrected chi connectivity index (χ0v) is 20.8. The highest BCUT2D eigenvalue weighted by Gasteiger charge is 2.46. The number of hydrogen-bond donors (Lipinski definition) is 1. The van der Waals surface area contributed by atoms with Gasteiger partial charge in [-0.25, -0.2) is 18.4 Å². The number of pyridine rings is 2. The first kappa shape index (κ1) is 28.7. The molecule has 0 saturated carbocycles. The summed E-state index contributed by atoms with van der Waals surface area (Å²) in [5.41, 5.74) is -4.08. The minimum Gasteiger partial charge on any atom is -0.478 e. The van der Waals surface area contributed by atoms with Crippen LogP contribution in [0.1, 0.15) is 55.7 Å². The SMILES string of the molecule is C[C@H]1[C@H](F)C[C@@H](N(C=O)Cc2cc(-c3cnc(C(F)(F)F)c(C(=O)O)c3)ncc2F)N1C(=O)OC(C)(C)C. The topological polar surface area (TPSA) is 113 Å². The summed E-state index contributed by atoms with van der Waals surface area (Å²) < 4.78 is 74.0. The van der Waals surface area contributed by atoms with Crippen LogP contribution in [0.5, 0.6) is 0 Å². The molecule has 0 bridgehead atoms. The van der Waals surface area contributed by atoms with Gasteiger partial charge in [-0.3, -0.25) is 19.7 Å². The lowest BCUT2D eigenvalue weighted by Crippen LogP contribution is -2.50. The molecule has 1 aliphatic rings. The average Bonchev–Trinajstić information content (AvgIpc) is 3.10. The van der Waals surface area contributed by atoms with Crippen molar-refractivity contribution in [3.63, 3.8) is 0 Å². The number of carboxylic acid groups (broad SMARTS) is 1. The minimum atomic E-state index is -5.02. The maximum atomic E-state index is 14.7. The Kier molecular flexibility index (Phi) is 7.94. The molecule has 9 nitrogen and oxygen atoms in total. The summed E-state index contributed by atoms with van der Waals surface area (Å²) in [6.07, 6.45) is -6.96. The number of ether oxygens (including phenoxy) is 1. The van der Waals surface area contributed by atoms with Gasteiger partial charge in [-0.05, 0) is 39.8 Å². The van der Waals surface area contributed by atoms with Gasteiger partial charge in [0.25, 0.3) is 0 Å². The first-order chi connectivity index (χ1) is 17.5. The predicted octanol–water partition coefficient (Wildman–Crippen LogP) is 4.65. The van der Waals surface area contributed by atoms with Crippen LogP contribution in [-0.2, 0) is 22.3 Å². The molecule has 1 saturated heterocycles. The number of halogens is 5. The second-order valence-electron chi connectivity index (χ2n) is 9.72. The van der Waals surface area contributed by atoms with Gasteiger partial charge in [-0.15, -0.1) is 0 Å². The van der Waals surface area contributed by atoms with Crippen LogP contribution in [0.3, 0.4) is 0 Å². The minimum absolute atomic E-state index is 0.122. The highest BCUT2D eigenvalue weighted by Crippen LogP contribution is 2.34. The van der Waals surface area contributed by atoms with Crippen LogP contribution >= 0.6 is 0 Å². The van der Waals surface area contributed by atoms with Crippen molar-refractivity contribution in [3.8, 4) is 11.3 Å². The van der Waals surface area contributed by atoms with E-state index in [1.165, 1.54) is 6.92 Å². The summed E-state index contributed by atoms with van der Waals surface area (Å²) in [5.74, 6) is -2.77. The third-order valence-corrected chi connectivity index (χ3v) is 5.81. The number of aromatic carboxylic acids is 1. The van der Waals surface area contributed by atoms with Crippen molar-refractivity contribution < 1.29 is 46.2 Å². The highest BCUT2D eigenvalue weighted by molar-refractivity contribution is 5.90. The maximum Gasteiger partial charge on any atom is 0.434 e. The van der Waals surface area contributed by atoms with Gasteiger partial charge in [0, 0.05) is 23.7 Å². The van der Waals surface area contributed by atoms with E-state index in [-0.39, 0.29) is 23.2 Å². The van der Waals surface area contributed by atoms with Crippen molar-refractivity contribution in [2.24, 2.45) is 0 Å². The van der Waals surface area contributed by atoms with Crippen LogP contribution in [0.25, 0.3) is 11.3 Å². The molecule has 2 aromatic heterocycles. The molecule has 0 aliphatic carbocycles. The zero-order valence-electron chi connectivity index (χ0n) is 20.8. The molecule has 3 heterocycles. The van der Waals surface area contributed by atoms with Crippen molar-refractivity contribution in [1.82, 2.24) is 19.8 Å². The van der Waals surface area contributed by atoms with Crippen LogP contribution < -0.4 is 0 Å². The van der Waals surface area contributed by atoms with Crippen LogP contribution in [0.4, 0.5) is 26.7 Å². The Bertz CT molecular complexity index is 1230. The van der Waals surface area contributed by atoms with Crippen LogP contribution in [0, 0.1) is 5.82 Å². The van der Waals surface area contributed by atoms with E-state index in [0.717, 1.165) is 28.3 Å². The summed E-state index contributed by atoms with van der Waals surface area (Å²) in [6, 6.07) is 0.865. The largest absolute Gasteiger partial charge is 0.478 e. The van der Waals surface area contributed by atoms with E-state index in [1.54, 1.807) is 20.8 Å². The lowest BCUT2D eigenvalue weighted by atomic mass is 10.1. The number of likely N-dealkylation sites (tertiary alicyclic amines) is 1. The molecule has 0 radical (unpaired) electrons. The van der Waals surface area contributed by atoms with Crippen LogP contribution in [0.15, 0.2) is 24.5 Å². The third kappa shape index (κ3) is 6.17. The number of alkyl halides is 4. The summed E-state index contributed by atoms with van der Waals surface area (Å²) in [6.45, 7) is 5.83. The molecule has 3 rings (SSSR count). The standard InChI is InChI=1S/C24H25F5N4O5/c1-12-16(25)7-19(33(12)22(37)38-23(2,3)4)32(11-34)10-14-6-18(30-9-17(14)26)13-5-15(21(35)36)20(31-8-13)24(27,28)29/h5-6,8-9,11-12,16,19H,7,10H2,1-4H3,(H,35,36)/t12-,16+,19-/m0/s1. The molecule has 2 amide bonds. The van der Waals surface area contributed by atoms with Gasteiger partial charge in [-0.2, -0.15) is 13.2 Å². The van der Waals surface area contributed by atoms with E-state index in [4.69, 9.17) is 4.74 Å². The molecule has 1 fully saturated rings. The fourth-order valence-corrected chi connectivity index (χ4v) is 4.02. The fourth-order valence-electron chi connectivity index (χ4n) is 4.02. The molecule has 0 aromatic carbocycles. The molecule has 2 aromatic rings. The first-order valence-corrected chi connectivity index (χ1v) is 11.3. The smallest absolute Gasteiger partial charge is 0.434 e. The van der Waals surface area contributed by atoms with Crippen LogP contribution in [-0.4, -0.2) is 67.3 Å². The van der Waals surface area contributed by atoms with Gasteiger partial charge in [0.05, 0.1) is 30.0 Å². The van der Waals surface area contributed by atoms with Crippen molar-refractivity contribution in [1.29, 1.82) is 0 Å². The van der Waals surface area contributed by atoms with E-state index in [0.29, 0.717) is 12.5 Å². The second-order valence-corrected chi connectivity index (χ2v) is 9.72. The first-order valence-electron chi connectivity index (χ1n) is 11.3. The summed E-state index contributed by atoms with van der Waals surface area (Å²) in [4.78, 5) is 45.2. The van der Waals surface area contributed by atoms with Crippen LogP contribution in [0.2, 0.25) is 0 Å². The number of carboxylic acids is 1. The lowest BCUT2D eigenvalue weighted by molar-refractivity contribution is -0.141. The van der Waals surface area contributed by atoms with Gasteiger partial charge < -0.3 is 14.7 Å². The molecular formula is C24H25F5N4O5. The Morgan fingerprint density at radius 1 is 1.21 bits per heavy atom. The van der Waals surface area contributed by atoms with Gasteiger partial charge in [0.1, 0.15) is 23.8 Å². The third-order valence-electron chi connectivity index (χ3n) is 5.81. The Morgan fingerprint density at radius 3 is 2.42 bits per heavy atom. The monoisotopic (exact) mass is 544 g/mol. The molecule has 1 aliphatic heterocycles. The van der Waals surface area contributed by atoms with Crippen molar-refractivity contribution >= 4 is 18.5 Å². The van der Waals surface area contributed by atoms with Gasteiger partial charge >= 0.3 is 18.2 Å². The number of aromatic nitrogens is 2. The summed E-state index contributed by atoms with van der Waals surface area (Å²) in [7, 11) is 0. The van der Waals surface area contributed by atoms with E-state index in [9.17, 15) is 41.4 Å². The molecule has 0 unspecified atom stereocenters. The fraction of sp³-hybridized carbons (Fsp3) is 0.458. The Labute approximate surface area is 214 Å². The van der Waals surface area contributed by atoms with E-state index < -0.39 is 65.8 Å². The molecule has 0 spiro atoms. The summed E-state index contributed by atoms with van der Waals surface area (Å²) in [5, 5.41) is 9.22.